The van der Waals surface area contributed by atoms with Gasteiger partial charge in [0.05, 0.1) is 11.7 Å². The molecule has 1 aliphatic carbocycles. The maximum absolute atomic E-state index is 11.6. The van der Waals surface area contributed by atoms with Gasteiger partial charge in [0.1, 0.15) is 11.3 Å². The van der Waals surface area contributed by atoms with Gasteiger partial charge in [0, 0.05) is 0 Å². The second-order valence-electron chi connectivity index (χ2n) is 5.30. The third-order valence-corrected chi connectivity index (χ3v) is 2.69. The van der Waals surface area contributed by atoms with Gasteiger partial charge >= 0.3 is 5.97 Å². The van der Waals surface area contributed by atoms with E-state index in [1.165, 1.54) is 0 Å². The van der Waals surface area contributed by atoms with Crippen LogP contribution in [0.2, 0.25) is 0 Å². The molecule has 0 aliphatic heterocycles. The summed E-state index contributed by atoms with van der Waals surface area (Å²) >= 11 is 0. The Balaban J connectivity index is 1.94. The number of rotatable bonds is 3. The standard InChI is InChI=1S/C12H17NO3/c1-11(2,3)10(14)16-13-12(6-7-12)9-5-4-8-15-9/h4-5,8,13H,6-7H2,1-3H3. The summed E-state index contributed by atoms with van der Waals surface area (Å²) in [5, 5.41) is 0. The summed E-state index contributed by atoms with van der Waals surface area (Å²) in [7, 11) is 0. The lowest BCUT2D eigenvalue weighted by Crippen LogP contribution is -2.35. The van der Waals surface area contributed by atoms with Crippen LogP contribution in [0.15, 0.2) is 22.8 Å². The molecular formula is C12H17NO3. The van der Waals surface area contributed by atoms with Crippen molar-refractivity contribution < 1.29 is 14.0 Å². The highest BCUT2D eigenvalue weighted by Crippen LogP contribution is 2.45. The number of hydrogen-bond donors (Lipinski definition) is 1. The van der Waals surface area contributed by atoms with E-state index in [4.69, 9.17) is 9.25 Å². The van der Waals surface area contributed by atoms with Gasteiger partial charge in [-0.1, -0.05) is 0 Å². The van der Waals surface area contributed by atoms with Crippen molar-refractivity contribution in [1.29, 1.82) is 0 Å². The molecule has 1 fully saturated rings. The van der Waals surface area contributed by atoms with Crippen LogP contribution in [0.1, 0.15) is 39.4 Å². The molecule has 0 bridgehead atoms. The molecule has 4 nitrogen and oxygen atoms in total. The molecule has 1 aromatic rings. The van der Waals surface area contributed by atoms with Crippen molar-refractivity contribution in [2.45, 2.75) is 39.2 Å². The highest BCUT2D eigenvalue weighted by molar-refractivity contribution is 5.75. The molecule has 1 aliphatic rings. The van der Waals surface area contributed by atoms with Crippen molar-refractivity contribution >= 4 is 5.97 Å². The van der Waals surface area contributed by atoms with Gasteiger partial charge in [-0.3, -0.25) is 0 Å². The predicted molar refractivity (Wildman–Crippen MR) is 58.3 cm³/mol. The summed E-state index contributed by atoms with van der Waals surface area (Å²) in [6, 6.07) is 3.73. The van der Waals surface area contributed by atoms with Crippen LogP contribution in [0.25, 0.3) is 0 Å². The fourth-order valence-corrected chi connectivity index (χ4v) is 1.37. The van der Waals surface area contributed by atoms with Crippen LogP contribution in [0, 0.1) is 5.41 Å². The number of hydroxylamine groups is 1. The van der Waals surface area contributed by atoms with E-state index in [0.29, 0.717) is 0 Å². The van der Waals surface area contributed by atoms with Crippen LogP contribution in [0.5, 0.6) is 0 Å². The summed E-state index contributed by atoms with van der Waals surface area (Å²) in [4.78, 5) is 16.7. The first-order valence-corrected chi connectivity index (χ1v) is 5.46. The molecule has 0 saturated heterocycles. The summed E-state index contributed by atoms with van der Waals surface area (Å²) < 4.78 is 5.32. The molecular weight excluding hydrogens is 206 g/mol. The fourth-order valence-electron chi connectivity index (χ4n) is 1.37. The van der Waals surface area contributed by atoms with Crippen LogP contribution in [-0.4, -0.2) is 5.97 Å². The molecule has 0 unspecified atom stereocenters. The molecule has 0 spiro atoms. The molecule has 0 radical (unpaired) electrons. The van der Waals surface area contributed by atoms with Gasteiger partial charge in [0.2, 0.25) is 0 Å². The van der Waals surface area contributed by atoms with Gasteiger partial charge in [-0.15, -0.1) is 5.48 Å². The van der Waals surface area contributed by atoms with Crippen molar-refractivity contribution in [2.24, 2.45) is 5.41 Å². The monoisotopic (exact) mass is 223 g/mol. The summed E-state index contributed by atoms with van der Waals surface area (Å²) in [5.41, 5.74) is 2.05. The minimum absolute atomic E-state index is 0.259. The van der Waals surface area contributed by atoms with Crippen molar-refractivity contribution in [1.82, 2.24) is 5.48 Å². The molecule has 1 aromatic heterocycles. The lowest BCUT2D eigenvalue weighted by atomic mass is 9.98. The highest BCUT2D eigenvalue weighted by atomic mass is 16.7. The Bertz CT molecular complexity index is 371. The summed E-state index contributed by atoms with van der Waals surface area (Å²) in [6.07, 6.45) is 3.48. The quantitative estimate of drug-likeness (QED) is 0.799. The number of hydrogen-bond acceptors (Lipinski definition) is 4. The van der Waals surface area contributed by atoms with Crippen LogP contribution in [-0.2, 0) is 15.2 Å². The van der Waals surface area contributed by atoms with Crippen molar-refractivity contribution in [3.63, 3.8) is 0 Å². The Morgan fingerprint density at radius 3 is 2.62 bits per heavy atom. The van der Waals surface area contributed by atoms with Crippen molar-refractivity contribution in [3.05, 3.63) is 24.2 Å². The van der Waals surface area contributed by atoms with Crippen LogP contribution in [0.4, 0.5) is 0 Å². The number of carbonyl (C=O) groups excluding carboxylic acids is 1. The first-order chi connectivity index (χ1) is 7.44. The number of furan rings is 1. The molecule has 1 heterocycles. The maximum Gasteiger partial charge on any atom is 0.330 e. The average Bonchev–Trinajstić information content (AvgIpc) is 2.77. The van der Waals surface area contributed by atoms with Crippen LogP contribution < -0.4 is 5.48 Å². The van der Waals surface area contributed by atoms with E-state index in [1.54, 1.807) is 6.26 Å². The van der Waals surface area contributed by atoms with Gasteiger partial charge in [0.25, 0.3) is 0 Å². The zero-order chi connectivity index (χ0) is 11.8. The molecule has 1 saturated carbocycles. The molecule has 1 N–H and O–H groups in total. The Kier molecular flexibility index (Phi) is 2.54. The highest BCUT2D eigenvalue weighted by Gasteiger charge is 2.49. The third kappa shape index (κ3) is 2.11. The maximum atomic E-state index is 11.6. The topological polar surface area (TPSA) is 51.5 Å². The SMILES string of the molecule is CC(C)(C)C(=O)ONC1(c2ccco2)CC1. The average molecular weight is 223 g/mol. The molecule has 88 valence electrons. The third-order valence-electron chi connectivity index (χ3n) is 2.69. The largest absolute Gasteiger partial charge is 0.467 e. The van der Waals surface area contributed by atoms with Gasteiger partial charge in [-0.2, -0.15) is 0 Å². The summed E-state index contributed by atoms with van der Waals surface area (Å²) in [5.74, 6) is 0.569. The van der Waals surface area contributed by atoms with Gasteiger partial charge in [0.15, 0.2) is 0 Å². The Morgan fingerprint density at radius 2 is 2.19 bits per heavy atom. The molecule has 0 atom stereocenters. The lowest BCUT2D eigenvalue weighted by molar-refractivity contribution is -0.164. The minimum atomic E-state index is -0.494. The first kappa shape index (κ1) is 11.2. The second kappa shape index (κ2) is 3.63. The summed E-state index contributed by atoms with van der Waals surface area (Å²) in [6.45, 7) is 5.47. The van der Waals surface area contributed by atoms with Crippen LogP contribution >= 0.6 is 0 Å². The second-order valence-corrected chi connectivity index (χ2v) is 5.30. The Morgan fingerprint density at radius 1 is 1.50 bits per heavy atom. The Labute approximate surface area is 94.9 Å². The van der Waals surface area contributed by atoms with E-state index in [0.717, 1.165) is 18.6 Å². The van der Waals surface area contributed by atoms with Gasteiger partial charge in [-0.25, -0.2) is 4.79 Å². The fraction of sp³-hybridized carbons (Fsp3) is 0.583. The predicted octanol–water partition coefficient (Wildman–Crippen LogP) is 2.36. The number of carbonyl (C=O) groups is 1. The van der Waals surface area contributed by atoms with Crippen molar-refractivity contribution in [2.75, 3.05) is 0 Å². The lowest BCUT2D eigenvalue weighted by Gasteiger charge is -2.19. The van der Waals surface area contributed by atoms with Gasteiger partial charge < -0.3 is 9.25 Å². The van der Waals surface area contributed by atoms with E-state index in [-0.39, 0.29) is 11.5 Å². The normalized spacial score (nSPS) is 18.2. The van der Waals surface area contributed by atoms with E-state index in [9.17, 15) is 4.79 Å². The molecule has 16 heavy (non-hydrogen) atoms. The van der Waals surface area contributed by atoms with E-state index in [1.807, 2.05) is 32.9 Å². The van der Waals surface area contributed by atoms with E-state index >= 15 is 0 Å². The minimum Gasteiger partial charge on any atom is -0.467 e. The zero-order valence-electron chi connectivity index (χ0n) is 9.87. The number of nitrogens with one attached hydrogen (secondary N) is 1. The van der Waals surface area contributed by atoms with E-state index in [2.05, 4.69) is 5.48 Å². The molecule has 4 heteroatoms. The van der Waals surface area contributed by atoms with Crippen molar-refractivity contribution in [3.8, 4) is 0 Å². The first-order valence-electron chi connectivity index (χ1n) is 5.46. The smallest absolute Gasteiger partial charge is 0.330 e. The Hall–Kier alpha value is -1.29. The zero-order valence-corrected chi connectivity index (χ0v) is 9.87. The molecule has 0 amide bonds. The molecule has 2 rings (SSSR count). The van der Waals surface area contributed by atoms with Crippen LogP contribution in [0.3, 0.4) is 0 Å². The van der Waals surface area contributed by atoms with E-state index < -0.39 is 5.41 Å². The molecule has 0 aromatic carbocycles. The van der Waals surface area contributed by atoms with Gasteiger partial charge in [-0.05, 0) is 45.7 Å².